The maximum absolute atomic E-state index is 11.7. The van der Waals surface area contributed by atoms with E-state index in [1.54, 1.807) is 0 Å². The minimum Gasteiger partial charge on any atom is -0.330 e. The number of hydrogen-bond donors (Lipinski definition) is 1. The zero-order valence-electron chi connectivity index (χ0n) is 12.1. The highest BCUT2D eigenvalue weighted by Crippen LogP contribution is 2.18. The average molecular weight is 253 g/mol. The lowest BCUT2D eigenvalue weighted by Crippen LogP contribution is -2.10. The summed E-state index contributed by atoms with van der Waals surface area (Å²) in [5.41, 5.74) is 5.60. The molecule has 0 rings (SSSR count). The second kappa shape index (κ2) is 12.8. The molecule has 2 nitrogen and oxygen atoms in total. The molecular formula is C16H31NO. The van der Waals surface area contributed by atoms with Crippen molar-refractivity contribution in [1.82, 2.24) is 0 Å². The first-order chi connectivity index (χ1) is 8.74. The molecule has 18 heavy (non-hydrogen) atoms. The summed E-state index contributed by atoms with van der Waals surface area (Å²) < 4.78 is 0. The number of unbranched alkanes of at least 4 members (excludes halogenated alkanes) is 3. The fourth-order valence-corrected chi connectivity index (χ4v) is 2.35. The van der Waals surface area contributed by atoms with Gasteiger partial charge in [-0.25, -0.2) is 0 Å². The molecule has 0 radical (unpaired) electrons. The Balaban J connectivity index is 3.57. The monoisotopic (exact) mass is 253 g/mol. The number of Topliss-reactive ketones (excluding diaryl/α,β-unsaturated/α-hetero) is 1. The molecule has 0 aliphatic carbocycles. The van der Waals surface area contributed by atoms with Crippen LogP contribution in [0, 0.1) is 5.92 Å². The largest absolute Gasteiger partial charge is 0.330 e. The van der Waals surface area contributed by atoms with Gasteiger partial charge in [-0.1, -0.05) is 32.3 Å². The van der Waals surface area contributed by atoms with Gasteiger partial charge in [0.1, 0.15) is 5.78 Å². The highest BCUT2D eigenvalue weighted by molar-refractivity contribution is 5.78. The van der Waals surface area contributed by atoms with Crippen molar-refractivity contribution in [3.05, 3.63) is 12.7 Å². The highest BCUT2D eigenvalue weighted by Gasteiger charge is 2.09. The van der Waals surface area contributed by atoms with Crippen LogP contribution in [0.4, 0.5) is 0 Å². The zero-order valence-corrected chi connectivity index (χ0v) is 12.1. The standard InChI is InChI=1S/C16H31NO/c1-3-5-6-7-8-10-16(18)12-11-15(9-4-2)13-14-17/h3,15H,1,4-14,17H2,2H3. The molecule has 0 bridgehead atoms. The smallest absolute Gasteiger partial charge is 0.132 e. The summed E-state index contributed by atoms with van der Waals surface area (Å²) in [5, 5.41) is 0. The quantitative estimate of drug-likeness (QED) is 0.394. The number of carbonyl (C=O) groups excluding carboxylic acids is 1. The molecule has 0 saturated heterocycles. The SMILES string of the molecule is C=CCCCCCC(=O)CCC(CCC)CCN. The van der Waals surface area contributed by atoms with E-state index >= 15 is 0 Å². The molecule has 0 saturated carbocycles. The van der Waals surface area contributed by atoms with Gasteiger partial charge >= 0.3 is 0 Å². The van der Waals surface area contributed by atoms with Crippen LogP contribution in [0.25, 0.3) is 0 Å². The van der Waals surface area contributed by atoms with Crippen LogP contribution in [0.3, 0.4) is 0 Å². The maximum Gasteiger partial charge on any atom is 0.132 e. The van der Waals surface area contributed by atoms with Crippen LogP contribution in [-0.4, -0.2) is 12.3 Å². The van der Waals surface area contributed by atoms with Crippen LogP contribution in [-0.2, 0) is 4.79 Å². The molecule has 0 aliphatic heterocycles. The van der Waals surface area contributed by atoms with Gasteiger partial charge < -0.3 is 5.73 Å². The number of ketones is 1. The Hall–Kier alpha value is -0.630. The van der Waals surface area contributed by atoms with Crippen molar-refractivity contribution in [3.63, 3.8) is 0 Å². The first-order valence-electron chi connectivity index (χ1n) is 7.57. The molecule has 106 valence electrons. The van der Waals surface area contributed by atoms with E-state index in [1.165, 1.54) is 19.3 Å². The van der Waals surface area contributed by atoms with Gasteiger partial charge in [-0.2, -0.15) is 0 Å². The Morgan fingerprint density at radius 1 is 1.17 bits per heavy atom. The van der Waals surface area contributed by atoms with Gasteiger partial charge in [0.2, 0.25) is 0 Å². The fraction of sp³-hybridized carbons (Fsp3) is 0.812. The minimum absolute atomic E-state index is 0.437. The van der Waals surface area contributed by atoms with Gasteiger partial charge in [-0.05, 0) is 44.6 Å². The van der Waals surface area contributed by atoms with E-state index in [4.69, 9.17) is 5.73 Å². The molecule has 1 atom stereocenters. The molecule has 0 amide bonds. The maximum atomic E-state index is 11.7. The summed E-state index contributed by atoms with van der Waals surface area (Å²) in [5.74, 6) is 1.09. The molecule has 1 unspecified atom stereocenters. The molecule has 0 heterocycles. The topological polar surface area (TPSA) is 43.1 Å². The third kappa shape index (κ3) is 10.5. The fourth-order valence-electron chi connectivity index (χ4n) is 2.35. The van der Waals surface area contributed by atoms with E-state index in [0.717, 1.165) is 51.5 Å². The molecule has 0 aromatic carbocycles. The number of carbonyl (C=O) groups is 1. The van der Waals surface area contributed by atoms with E-state index in [-0.39, 0.29) is 0 Å². The second-order valence-corrected chi connectivity index (χ2v) is 5.20. The van der Waals surface area contributed by atoms with E-state index in [2.05, 4.69) is 13.5 Å². The van der Waals surface area contributed by atoms with Gasteiger partial charge in [-0.3, -0.25) is 4.79 Å². The first-order valence-corrected chi connectivity index (χ1v) is 7.57. The van der Waals surface area contributed by atoms with E-state index in [1.807, 2.05) is 6.08 Å². The number of hydrogen-bond acceptors (Lipinski definition) is 2. The van der Waals surface area contributed by atoms with E-state index < -0.39 is 0 Å². The Labute approximate surface area is 113 Å². The van der Waals surface area contributed by atoms with Crippen molar-refractivity contribution in [1.29, 1.82) is 0 Å². The predicted octanol–water partition coefficient (Wildman–Crippen LogP) is 4.24. The second-order valence-electron chi connectivity index (χ2n) is 5.20. The Morgan fingerprint density at radius 2 is 1.94 bits per heavy atom. The van der Waals surface area contributed by atoms with Crippen molar-refractivity contribution in [2.75, 3.05) is 6.54 Å². The summed E-state index contributed by atoms with van der Waals surface area (Å²) in [6.45, 7) is 6.65. The summed E-state index contributed by atoms with van der Waals surface area (Å²) in [6.07, 6.45) is 12.4. The molecular weight excluding hydrogens is 222 g/mol. The lowest BCUT2D eigenvalue weighted by atomic mass is 9.92. The van der Waals surface area contributed by atoms with Crippen LogP contribution in [0.2, 0.25) is 0 Å². The van der Waals surface area contributed by atoms with Gasteiger partial charge in [0.25, 0.3) is 0 Å². The number of nitrogens with two attached hydrogens (primary N) is 1. The summed E-state index contributed by atoms with van der Waals surface area (Å²) >= 11 is 0. The summed E-state index contributed by atoms with van der Waals surface area (Å²) in [4.78, 5) is 11.7. The number of rotatable bonds is 13. The van der Waals surface area contributed by atoms with Crippen LogP contribution < -0.4 is 5.73 Å². The average Bonchev–Trinajstić information content (AvgIpc) is 2.36. The normalized spacial score (nSPS) is 12.3. The molecule has 0 aromatic rings. The van der Waals surface area contributed by atoms with Crippen molar-refractivity contribution in [3.8, 4) is 0 Å². The molecule has 0 fully saturated rings. The first kappa shape index (κ1) is 17.4. The Kier molecular flexibility index (Phi) is 12.4. The molecule has 2 heteroatoms. The van der Waals surface area contributed by atoms with Crippen LogP contribution in [0.5, 0.6) is 0 Å². The van der Waals surface area contributed by atoms with Crippen LogP contribution >= 0.6 is 0 Å². The van der Waals surface area contributed by atoms with Crippen molar-refractivity contribution in [2.24, 2.45) is 11.7 Å². The van der Waals surface area contributed by atoms with Gasteiger partial charge in [0.15, 0.2) is 0 Å². The molecule has 0 spiro atoms. The van der Waals surface area contributed by atoms with Gasteiger partial charge in [0, 0.05) is 12.8 Å². The predicted molar refractivity (Wildman–Crippen MR) is 79.6 cm³/mol. The Morgan fingerprint density at radius 3 is 2.56 bits per heavy atom. The summed E-state index contributed by atoms with van der Waals surface area (Å²) in [7, 11) is 0. The van der Waals surface area contributed by atoms with Crippen molar-refractivity contribution in [2.45, 2.75) is 71.1 Å². The highest BCUT2D eigenvalue weighted by atomic mass is 16.1. The molecule has 0 aromatic heterocycles. The minimum atomic E-state index is 0.437. The lowest BCUT2D eigenvalue weighted by Gasteiger charge is -2.14. The third-order valence-corrected chi connectivity index (χ3v) is 3.47. The van der Waals surface area contributed by atoms with E-state index in [0.29, 0.717) is 11.7 Å². The van der Waals surface area contributed by atoms with Crippen molar-refractivity contribution < 1.29 is 4.79 Å². The molecule has 0 aliphatic rings. The van der Waals surface area contributed by atoms with Gasteiger partial charge in [-0.15, -0.1) is 6.58 Å². The third-order valence-electron chi connectivity index (χ3n) is 3.47. The summed E-state index contributed by atoms with van der Waals surface area (Å²) in [6, 6.07) is 0. The molecule has 2 N–H and O–H groups in total. The van der Waals surface area contributed by atoms with Gasteiger partial charge in [0.05, 0.1) is 0 Å². The van der Waals surface area contributed by atoms with Crippen LogP contribution in [0.1, 0.15) is 71.1 Å². The zero-order chi connectivity index (χ0) is 13.6. The van der Waals surface area contributed by atoms with Crippen molar-refractivity contribution >= 4 is 5.78 Å². The van der Waals surface area contributed by atoms with Crippen LogP contribution in [0.15, 0.2) is 12.7 Å². The Bertz CT molecular complexity index is 207. The lowest BCUT2D eigenvalue weighted by molar-refractivity contribution is -0.119. The number of allylic oxidation sites excluding steroid dienone is 1. The van der Waals surface area contributed by atoms with E-state index in [9.17, 15) is 4.79 Å².